The summed E-state index contributed by atoms with van der Waals surface area (Å²) in [6.45, 7) is -1.02. The lowest BCUT2D eigenvalue weighted by atomic mass is 9.67. The maximum Gasteiger partial charge on any atom is 0.275 e. The molecule has 1 aliphatic heterocycles. The predicted molar refractivity (Wildman–Crippen MR) is 143 cm³/mol. The van der Waals surface area contributed by atoms with Gasteiger partial charge in [-0.05, 0) is 24.1 Å². The van der Waals surface area contributed by atoms with E-state index in [0.29, 0.717) is 5.65 Å². The zero-order chi connectivity index (χ0) is 30.9. The van der Waals surface area contributed by atoms with Crippen molar-refractivity contribution in [3.05, 3.63) is 54.2 Å². The highest BCUT2D eigenvalue weighted by atomic mass is 19.3. The Kier molecular flexibility index (Phi) is 6.68. The van der Waals surface area contributed by atoms with Gasteiger partial charge in [-0.25, -0.2) is 41.3 Å². The Balaban J connectivity index is 1.51. The number of fused-ring (bicyclic) bond motifs is 2. The average Bonchev–Trinajstić information content (AvgIpc) is 3.35. The number of methoxy groups -OCH3 is 1. The van der Waals surface area contributed by atoms with Gasteiger partial charge in [-0.3, -0.25) is 4.98 Å². The largest absolute Gasteiger partial charge is 0.494 e. The summed E-state index contributed by atoms with van der Waals surface area (Å²) in [7, 11) is 1.18. The summed E-state index contributed by atoms with van der Waals surface area (Å²) in [6.07, 6.45) is -0.991. The highest BCUT2D eigenvalue weighted by Crippen LogP contribution is 2.49. The smallest absolute Gasteiger partial charge is 0.275 e. The van der Waals surface area contributed by atoms with Crippen LogP contribution in [0.3, 0.4) is 0 Å². The molecule has 0 radical (unpaired) electrons. The number of piperidine rings is 1. The van der Waals surface area contributed by atoms with E-state index < -0.39 is 60.6 Å². The molecule has 43 heavy (non-hydrogen) atoms. The zero-order valence-electron chi connectivity index (χ0n) is 22.6. The number of aliphatic hydroxyl groups is 1. The Hall–Kier alpha value is -4.18. The molecule has 0 amide bonds. The monoisotopic (exact) mass is 608 g/mol. The molecule has 1 aliphatic carbocycles. The van der Waals surface area contributed by atoms with Gasteiger partial charge in [0.05, 0.1) is 55.7 Å². The fraction of sp³-hybridized carbons (Fsp3) is 0.407. The number of nitrogens with zero attached hydrogens (tertiary/aromatic N) is 6. The number of nitrogens with two attached hydrogens (primary N) is 2. The minimum absolute atomic E-state index is 0.0469. The third kappa shape index (κ3) is 4.77. The molecular weight excluding hydrogens is 582 g/mol. The molecule has 4 heterocycles. The Labute approximate surface area is 240 Å². The molecule has 228 valence electrons. The summed E-state index contributed by atoms with van der Waals surface area (Å²) in [5.74, 6) is -9.19. The standard InChI is InChI=1S/C27H26F6N8O2/c1-43-19-6-15(28)14(5-16(19)29)17-4-13(8-40-12-39-21-22(34)37-11-38-23(21)40)18(7-36-17)41-10-25(30,31)9-26(35)20(41)2-3-27(32,33)24(26)42/h4-7,11-12,20,24,42H,2-3,8-10,35H2,1H3,(H2,34,37,38)/t20?,24-,26-/m1/s1. The molecule has 3 aromatic heterocycles. The molecule has 5 N–H and O–H groups in total. The molecular formula is C27H26F6N8O2. The number of alkyl halides is 4. The number of pyridine rings is 1. The van der Waals surface area contributed by atoms with Crippen LogP contribution in [0.5, 0.6) is 5.75 Å². The number of imidazole rings is 1. The van der Waals surface area contributed by atoms with Crippen LogP contribution in [0.25, 0.3) is 22.4 Å². The third-order valence-electron chi connectivity index (χ3n) is 8.19. The molecule has 1 unspecified atom stereocenters. The zero-order valence-corrected chi connectivity index (χ0v) is 22.6. The maximum atomic E-state index is 15.2. The van der Waals surface area contributed by atoms with Crippen molar-refractivity contribution in [2.75, 3.05) is 24.3 Å². The molecule has 1 saturated heterocycles. The predicted octanol–water partition coefficient (Wildman–Crippen LogP) is 3.51. The number of ether oxygens (including phenoxy) is 1. The first-order valence-electron chi connectivity index (χ1n) is 13.2. The van der Waals surface area contributed by atoms with Crippen LogP contribution in [0.4, 0.5) is 37.8 Å². The van der Waals surface area contributed by atoms with Gasteiger partial charge in [-0.2, -0.15) is 0 Å². The van der Waals surface area contributed by atoms with Crippen LogP contribution in [-0.2, 0) is 6.54 Å². The SMILES string of the molecule is COc1cc(F)c(-c2cc(Cn3cnc4c(N)ncnc43)c(N3CC(F)(F)C[C@@]4(N)C3CCC(F)(F)[C@@H]4O)cn2)cc1F. The molecule has 0 spiro atoms. The first-order valence-corrected chi connectivity index (χ1v) is 13.2. The van der Waals surface area contributed by atoms with Crippen molar-refractivity contribution < 1.29 is 36.2 Å². The Morgan fingerprint density at radius 1 is 1.07 bits per heavy atom. The maximum absolute atomic E-state index is 15.2. The van der Waals surface area contributed by atoms with E-state index >= 15 is 13.2 Å². The van der Waals surface area contributed by atoms with Gasteiger partial charge in [-0.15, -0.1) is 0 Å². The van der Waals surface area contributed by atoms with Crippen molar-refractivity contribution >= 4 is 22.7 Å². The number of aromatic nitrogens is 5. The number of halogens is 6. The second kappa shape index (κ2) is 9.94. The normalized spacial score (nSPS) is 24.6. The van der Waals surface area contributed by atoms with Gasteiger partial charge < -0.3 is 30.8 Å². The topological polar surface area (TPSA) is 141 Å². The minimum atomic E-state index is -3.67. The van der Waals surface area contributed by atoms with E-state index in [2.05, 4.69) is 19.9 Å². The summed E-state index contributed by atoms with van der Waals surface area (Å²) >= 11 is 0. The van der Waals surface area contributed by atoms with Gasteiger partial charge in [0.2, 0.25) is 0 Å². The van der Waals surface area contributed by atoms with Gasteiger partial charge in [0, 0.05) is 24.5 Å². The van der Waals surface area contributed by atoms with E-state index in [1.807, 2.05) is 0 Å². The van der Waals surface area contributed by atoms with E-state index in [-0.39, 0.29) is 52.6 Å². The number of anilines is 2. The number of aliphatic hydroxyl groups excluding tert-OH is 1. The number of benzene rings is 1. The van der Waals surface area contributed by atoms with Crippen molar-refractivity contribution in [2.24, 2.45) is 5.73 Å². The van der Waals surface area contributed by atoms with Crippen LogP contribution in [0.1, 0.15) is 24.8 Å². The highest BCUT2D eigenvalue weighted by Gasteiger charge is 2.65. The molecule has 2 aliphatic rings. The molecule has 0 bridgehead atoms. The lowest BCUT2D eigenvalue weighted by molar-refractivity contribution is -0.191. The van der Waals surface area contributed by atoms with Gasteiger partial charge >= 0.3 is 0 Å². The fourth-order valence-corrected chi connectivity index (χ4v) is 6.19. The van der Waals surface area contributed by atoms with E-state index in [1.165, 1.54) is 41.5 Å². The summed E-state index contributed by atoms with van der Waals surface area (Å²) in [4.78, 5) is 17.7. The molecule has 10 nitrogen and oxygen atoms in total. The van der Waals surface area contributed by atoms with Crippen molar-refractivity contribution in [1.82, 2.24) is 24.5 Å². The molecule has 6 rings (SSSR count). The van der Waals surface area contributed by atoms with Crippen molar-refractivity contribution in [1.29, 1.82) is 0 Å². The van der Waals surface area contributed by atoms with Crippen LogP contribution in [-0.4, -0.2) is 72.8 Å². The van der Waals surface area contributed by atoms with Crippen LogP contribution in [0, 0.1) is 11.6 Å². The van der Waals surface area contributed by atoms with Crippen molar-refractivity contribution in [3.63, 3.8) is 0 Å². The van der Waals surface area contributed by atoms with Gasteiger partial charge in [0.1, 0.15) is 23.8 Å². The molecule has 4 aromatic rings. The lowest BCUT2D eigenvalue weighted by Crippen LogP contribution is -2.77. The van der Waals surface area contributed by atoms with Crippen LogP contribution in [0.15, 0.2) is 37.1 Å². The lowest BCUT2D eigenvalue weighted by Gasteiger charge is -2.57. The number of hydrogen-bond donors (Lipinski definition) is 3. The molecule has 2 fully saturated rings. The van der Waals surface area contributed by atoms with Gasteiger partial charge in [-0.1, -0.05) is 0 Å². The summed E-state index contributed by atoms with van der Waals surface area (Å²) in [5.41, 5.74) is 10.4. The van der Waals surface area contributed by atoms with Gasteiger partial charge in [0.15, 0.2) is 23.0 Å². The first kappa shape index (κ1) is 28.9. The Morgan fingerprint density at radius 2 is 1.84 bits per heavy atom. The molecule has 1 saturated carbocycles. The van der Waals surface area contributed by atoms with Crippen LogP contribution < -0.4 is 21.1 Å². The second-order valence-electron chi connectivity index (χ2n) is 11.0. The second-order valence-corrected chi connectivity index (χ2v) is 11.0. The molecule has 16 heteroatoms. The van der Waals surface area contributed by atoms with Crippen molar-refractivity contribution in [2.45, 2.75) is 55.3 Å². The molecule has 1 aromatic carbocycles. The number of nitrogen functional groups attached to an aromatic ring is 1. The summed E-state index contributed by atoms with van der Waals surface area (Å²) in [5, 5.41) is 10.5. The summed E-state index contributed by atoms with van der Waals surface area (Å²) in [6, 6.07) is 1.98. The van der Waals surface area contributed by atoms with Crippen LogP contribution >= 0.6 is 0 Å². The Morgan fingerprint density at radius 3 is 2.58 bits per heavy atom. The third-order valence-corrected chi connectivity index (χ3v) is 8.19. The highest BCUT2D eigenvalue weighted by molar-refractivity contribution is 5.81. The van der Waals surface area contributed by atoms with Crippen molar-refractivity contribution in [3.8, 4) is 17.0 Å². The quantitative estimate of drug-likeness (QED) is 0.290. The average molecular weight is 609 g/mol. The van der Waals surface area contributed by atoms with Crippen LogP contribution in [0.2, 0.25) is 0 Å². The fourth-order valence-electron chi connectivity index (χ4n) is 6.19. The number of rotatable bonds is 5. The first-order chi connectivity index (χ1) is 20.2. The van der Waals surface area contributed by atoms with E-state index in [0.717, 1.165) is 12.1 Å². The molecule has 3 atom stereocenters. The van der Waals surface area contributed by atoms with E-state index in [4.69, 9.17) is 16.2 Å². The minimum Gasteiger partial charge on any atom is -0.494 e. The van der Waals surface area contributed by atoms with E-state index in [9.17, 15) is 18.3 Å². The van der Waals surface area contributed by atoms with Gasteiger partial charge in [0.25, 0.3) is 11.8 Å². The van der Waals surface area contributed by atoms with E-state index in [1.54, 1.807) is 0 Å². The summed E-state index contributed by atoms with van der Waals surface area (Å²) < 4.78 is 95.5. The number of hydrogen-bond acceptors (Lipinski definition) is 9. The Bertz CT molecular complexity index is 1720.